The lowest BCUT2D eigenvalue weighted by molar-refractivity contribution is 0.578. The summed E-state index contributed by atoms with van der Waals surface area (Å²) in [6.45, 7) is 4.17. The Labute approximate surface area is 210 Å². The number of hydrogen-bond donors (Lipinski definition) is 0. The van der Waals surface area contributed by atoms with Gasteiger partial charge < -0.3 is 9.80 Å². The van der Waals surface area contributed by atoms with Gasteiger partial charge in [0.25, 0.3) is 0 Å². The molecule has 7 heteroatoms. The van der Waals surface area contributed by atoms with E-state index >= 15 is 0 Å². The summed E-state index contributed by atoms with van der Waals surface area (Å²) >= 11 is 0. The van der Waals surface area contributed by atoms with Crippen LogP contribution in [-0.4, -0.2) is 40.7 Å². The van der Waals surface area contributed by atoms with Gasteiger partial charge in [-0.25, -0.2) is 14.4 Å². The molecule has 2 aliphatic heterocycles. The molecular weight excluding hydrogens is 451 g/mol. The lowest BCUT2D eigenvalue weighted by atomic mass is 10.1. The third kappa shape index (κ3) is 4.07. The standard InChI is InChI=1S/C29H29FN6/c30-25-19-21(7-8-22(25)20-31)28-33-27-26(35-17-5-2-6-18-35)13-14-32-29(27)36(28)24-11-9-23(10-12-24)34-15-3-1-4-16-34/h7-14,19H,1-6,15-18H2. The number of fused-ring (bicyclic) bond motifs is 1. The van der Waals surface area contributed by atoms with Gasteiger partial charge in [-0.05, 0) is 87.1 Å². The number of nitriles is 1. The number of piperidine rings is 2. The van der Waals surface area contributed by atoms with Gasteiger partial charge in [-0.2, -0.15) is 5.26 Å². The Morgan fingerprint density at radius 1 is 0.778 bits per heavy atom. The molecule has 2 fully saturated rings. The molecule has 0 aliphatic carbocycles. The highest BCUT2D eigenvalue weighted by molar-refractivity contribution is 5.90. The highest BCUT2D eigenvalue weighted by Gasteiger charge is 2.22. The van der Waals surface area contributed by atoms with Crippen LogP contribution in [0.4, 0.5) is 15.8 Å². The van der Waals surface area contributed by atoms with E-state index in [2.05, 4.69) is 34.1 Å². The maximum absolute atomic E-state index is 14.7. The lowest BCUT2D eigenvalue weighted by Crippen LogP contribution is -2.29. The Kier molecular flexibility index (Phi) is 6.02. The van der Waals surface area contributed by atoms with Gasteiger partial charge in [0.1, 0.15) is 23.2 Å². The Hall–Kier alpha value is -3.92. The van der Waals surface area contributed by atoms with Gasteiger partial charge in [0.15, 0.2) is 5.65 Å². The zero-order valence-corrected chi connectivity index (χ0v) is 20.3. The number of hydrogen-bond acceptors (Lipinski definition) is 5. The van der Waals surface area contributed by atoms with Crippen LogP contribution in [0.2, 0.25) is 0 Å². The zero-order chi connectivity index (χ0) is 24.5. The van der Waals surface area contributed by atoms with Gasteiger partial charge in [-0.15, -0.1) is 0 Å². The summed E-state index contributed by atoms with van der Waals surface area (Å²) < 4.78 is 16.7. The molecule has 0 saturated carbocycles. The second kappa shape index (κ2) is 9.62. The summed E-state index contributed by atoms with van der Waals surface area (Å²) in [7, 11) is 0. The number of benzene rings is 2. The van der Waals surface area contributed by atoms with E-state index in [1.54, 1.807) is 6.07 Å². The number of aromatic nitrogens is 3. The minimum Gasteiger partial charge on any atom is -0.372 e. The smallest absolute Gasteiger partial charge is 0.167 e. The molecule has 0 amide bonds. The number of imidazole rings is 1. The van der Waals surface area contributed by atoms with Crippen LogP contribution in [0, 0.1) is 17.1 Å². The predicted molar refractivity (Wildman–Crippen MR) is 141 cm³/mol. The molecule has 6 rings (SSSR count). The van der Waals surface area contributed by atoms with Crippen LogP contribution in [0.25, 0.3) is 28.2 Å². The molecule has 0 N–H and O–H groups in total. The van der Waals surface area contributed by atoms with Gasteiger partial charge >= 0.3 is 0 Å². The molecule has 4 heterocycles. The number of nitrogens with zero attached hydrogens (tertiary/aromatic N) is 6. The molecule has 2 saturated heterocycles. The Balaban J connectivity index is 1.50. The molecule has 0 unspecified atom stereocenters. The van der Waals surface area contributed by atoms with Gasteiger partial charge in [0.2, 0.25) is 0 Å². The Morgan fingerprint density at radius 3 is 2.11 bits per heavy atom. The maximum atomic E-state index is 14.7. The molecule has 0 atom stereocenters. The Morgan fingerprint density at radius 2 is 1.44 bits per heavy atom. The van der Waals surface area contributed by atoms with Gasteiger partial charge in [0.05, 0.1) is 11.3 Å². The quantitative estimate of drug-likeness (QED) is 0.354. The first kappa shape index (κ1) is 22.5. The number of rotatable bonds is 4. The van der Waals surface area contributed by atoms with Crippen molar-refractivity contribution in [2.45, 2.75) is 38.5 Å². The lowest BCUT2D eigenvalue weighted by Gasteiger charge is -2.29. The normalized spacial score (nSPS) is 16.3. The summed E-state index contributed by atoms with van der Waals surface area (Å²) in [6, 6.07) is 17.1. The molecule has 36 heavy (non-hydrogen) atoms. The molecule has 0 radical (unpaired) electrons. The van der Waals surface area contributed by atoms with Crippen molar-refractivity contribution in [3.63, 3.8) is 0 Å². The van der Waals surface area contributed by atoms with Crippen molar-refractivity contribution in [2.24, 2.45) is 0 Å². The van der Waals surface area contributed by atoms with E-state index in [-0.39, 0.29) is 5.56 Å². The van der Waals surface area contributed by atoms with E-state index in [0.29, 0.717) is 11.4 Å². The molecule has 0 bridgehead atoms. The van der Waals surface area contributed by atoms with Crippen LogP contribution >= 0.6 is 0 Å². The Bertz CT molecular complexity index is 1420. The van der Waals surface area contributed by atoms with Crippen molar-refractivity contribution in [1.82, 2.24) is 14.5 Å². The van der Waals surface area contributed by atoms with Crippen molar-refractivity contribution in [3.05, 3.63) is 66.1 Å². The molecule has 2 aliphatic rings. The van der Waals surface area contributed by atoms with Crippen molar-refractivity contribution >= 4 is 22.5 Å². The number of pyridine rings is 1. The van der Waals surface area contributed by atoms with Crippen LogP contribution in [0.15, 0.2) is 54.7 Å². The molecule has 182 valence electrons. The van der Waals surface area contributed by atoms with Gasteiger partial charge in [-0.3, -0.25) is 4.57 Å². The number of halogens is 1. The third-order valence-electron chi connectivity index (χ3n) is 7.40. The molecular formula is C29H29FN6. The van der Waals surface area contributed by atoms with Crippen LogP contribution in [0.3, 0.4) is 0 Å². The largest absolute Gasteiger partial charge is 0.372 e. The minimum atomic E-state index is -0.543. The molecule has 2 aromatic carbocycles. The number of anilines is 2. The first-order chi connectivity index (χ1) is 17.7. The van der Waals surface area contributed by atoms with Crippen LogP contribution in [0.5, 0.6) is 0 Å². The summed E-state index contributed by atoms with van der Waals surface area (Å²) in [4.78, 5) is 14.6. The van der Waals surface area contributed by atoms with Crippen molar-refractivity contribution < 1.29 is 4.39 Å². The molecule has 2 aromatic heterocycles. The zero-order valence-electron chi connectivity index (χ0n) is 20.3. The summed E-state index contributed by atoms with van der Waals surface area (Å²) in [6.07, 6.45) is 9.17. The summed E-state index contributed by atoms with van der Waals surface area (Å²) in [5.41, 5.74) is 5.44. The SMILES string of the molecule is N#Cc1ccc(-c2nc3c(N4CCCCC4)ccnc3n2-c2ccc(N3CCCCC3)cc2)cc1F. The maximum Gasteiger partial charge on any atom is 0.167 e. The van der Waals surface area contributed by atoms with E-state index in [9.17, 15) is 9.65 Å². The minimum absolute atomic E-state index is 0.0272. The predicted octanol–water partition coefficient (Wildman–Crippen LogP) is 6.08. The summed E-state index contributed by atoms with van der Waals surface area (Å²) in [5, 5.41) is 9.21. The second-order valence-corrected chi connectivity index (χ2v) is 9.69. The van der Waals surface area contributed by atoms with E-state index < -0.39 is 5.82 Å². The molecule has 0 spiro atoms. The van der Waals surface area contributed by atoms with Crippen molar-refractivity contribution in [3.8, 4) is 23.1 Å². The fraction of sp³-hybridized carbons (Fsp3) is 0.345. The average molecular weight is 481 g/mol. The van der Waals surface area contributed by atoms with E-state index in [1.165, 1.54) is 43.5 Å². The summed E-state index contributed by atoms with van der Waals surface area (Å²) in [5.74, 6) is 0.0781. The molecule has 6 nitrogen and oxygen atoms in total. The van der Waals surface area contributed by atoms with Gasteiger partial charge in [0, 0.05) is 49.3 Å². The topological polar surface area (TPSA) is 61.0 Å². The van der Waals surface area contributed by atoms with E-state index in [1.807, 2.05) is 22.9 Å². The van der Waals surface area contributed by atoms with Crippen LogP contribution < -0.4 is 9.80 Å². The first-order valence-corrected chi connectivity index (χ1v) is 12.9. The van der Waals surface area contributed by atoms with Crippen molar-refractivity contribution in [2.75, 3.05) is 36.0 Å². The average Bonchev–Trinajstić information content (AvgIpc) is 3.34. The van der Waals surface area contributed by atoms with E-state index in [0.717, 1.165) is 61.6 Å². The van der Waals surface area contributed by atoms with Crippen LogP contribution in [-0.2, 0) is 0 Å². The fourth-order valence-electron chi connectivity index (χ4n) is 5.50. The first-order valence-electron chi connectivity index (χ1n) is 12.9. The molecule has 4 aromatic rings. The van der Waals surface area contributed by atoms with Crippen LogP contribution in [0.1, 0.15) is 44.1 Å². The van der Waals surface area contributed by atoms with E-state index in [4.69, 9.17) is 9.97 Å². The van der Waals surface area contributed by atoms with Crippen molar-refractivity contribution in [1.29, 1.82) is 5.26 Å². The third-order valence-corrected chi connectivity index (χ3v) is 7.40. The highest BCUT2D eigenvalue weighted by Crippen LogP contribution is 2.34. The second-order valence-electron chi connectivity index (χ2n) is 9.69. The highest BCUT2D eigenvalue weighted by atomic mass is 19.1. The van der Waals surface area contributed by atoms with Gasteiger partial charge in [-0.1, -0.05) is 0 Å². The fourth-order valence-corrected chi connectivity index (χ4v) is 5.50. The monoisotopic (exact) mass is 480 g/mol.